The van der Waals surface area contributed by atoms with E-state index < -0.39 is 0 Å². The van der Waals surface area contributed by atoms with Crippen LogP contribution in [0.1, 0.15) is 5.56 Å². The first-order valence-electron chi connectivity index (χ1n) is 8.58. The highest BCUT2D eigenvalue weighted by molar-refractivity contribution is 8.93. The molecule has 0 radical (unpaired) electrons. The maximum absolute atomic E-state index is 13.2. The van der Waals surface area contributed by atoms with Crippen molar-refractivity contribution >= 4 is 57.2 Å². The SMILES string of the molecule is Br.Fc1ccc(N=c2scc(-c3ccccc3Cl)n2Cc2ccc(Cl)cc2)cc1. The lowest BCUT2D eigenvalue weighted by molar-refractivity contribution is 0.628. The van der Waals surface area contributed by atoms with Crippen LogP contribution in [-0.2, 0) is 6.54 Å². The number of nitrogens with zero attached hydrogens (tertiary/aromatic N) is 2. The number of thiazole rings is 1. The van der Waals surface area contributed by atoms with E-state index in [4.69, 9.17) is 28.2 Å². The number of aromatic nitrogens is 1. The van der Waals surface area contributed by atoms with Gasteiger partial charge in [0.05, 0.1) is 17.9 Å². The molecule has 0 N–H and O–H groups in total. The van der Waals surface area contributed by atoms with E-state index in [0.717, 1.165) is 21.6 Å². The van der Waals surface area contributed by atoms with Gasteiger partial charge >= 0.3 is 0 Å². The molecule has 0 aliphatic carbocycles. The lowest BCUT2D eigenvalue weighted by Gasteiger charge is -2.11. The Bertz CT molecular complexity index is 1170. The highest BCUT2D eigenvalue weighted by Gasteiger charge is 2.12. The molecular formula is C22H16BrCl2FN2S. The van der Waals surface area contributed by atoms with Crippen molar-refractivity contribution in [2.45, 2.75) is 6.54 Å². The van der Waals surface area contributed by atoms with E-state index in [2.05, 4.69) is 4.57 Å². The molecule has 0 saturated carbocycles. The molecule has 4 aromatic rings. The Morgan fingerprint density at radius 1 is 0.897 bits per heavy atom. The minimum Gasteiger partial charge on any atom is -0.312 e. The van der Waals surface area contributed by atoms with Gasteiger partial charge in [0.2, 0.25) is 0 Å². The topological polar surface area (TPSA) is 17.3 Å². The zero-order valence-corrected chi connectivity index (χ0v) is 19.1. The Morgan fingerprint density at radius 2 is 1.59 bits per heavy atom. The summed E-state index contributed by atoms with van der Waals surface area (Å²) in [7, 11) is 0. The fraction of sp³-hybridized carbons (Fsp3) is 0.0455. The van der Waals surface area contributed by atoms with Gasteiger partial charge in [-0.05, 0) is 48.0 Å². The number of hydrogen-bond acceptors (Lipinski definition) is 2. The summed E-state index contributed by atoms with van der Waals surface area (Å²) in [6.45, 7) is 0.612. The van der Waals surface area contributed by atoms with Crippen LogP contribution in [0.3, 0.4) is 0 Å². The Hall–Kier alpha value is -1.92. The molecule has 0 amide bonds. The smallest absolute Gasteiger partial charge is 0.190 e. The van der Waals surface area contributed by atoms with E-state index in [1.807, 2.05) is 53.9 Å². The molecule has 0 saturated heterocycles. The number of halogens is 4. The minimum atomic E-state index is -0.282. The van der Waals surface area contributed by atoms with Crippen molar-refractivity contribution in [2.75, 3.05) is 0 Å². The highest BCUT2D eigenvalue weighted by Crippen LogP contribution is 2.29. The maximum atomic E-state index is 13.2. The van der Waals surface area contributed by atoms with E-state index in [-0.39, 0.29) is 22.8 Å². The molecule has 0 aliphatic heterocycles. The summed E-state index contributed by atoms with van der Waals surface area (Å²) < 4.78 is 15.3. The van der Waals surface area contributed by atoms with Gasteiger partial charge in [-0.25, -0.2) is 9.38 Å². The molecule has 3 aromatic carbocycles. The molecule has 0 bridgehead atoms. The molecule has 1 aromatic heterocycles. The summed E-state index contributed by atoms with van der Waals surface area (Å²) in [4.78, 5) is 5.52. The Labute approximate surface area is 192 Å². The van der Waals surface area contributed by atoms with Crippen molar-refractivity contribution in [3.05, 3.63) is 104 Å². The monoisotopic (exact) mass is 508 g/mol. The number of benzene rings is 3. The first kappa shape index (κ1) is 21.8. The van der Waals surface area contributed by atoms with Gasteiger partial charge in [0.15, 0.2) is 4.80 Å². The molecule has 0 atom stereocenters. The van der Waals surface area contributed by atoms with Gasteiger partial charge in [-0.15, -0.1) is 28.3 Å². The molecular weight excluding hydrogens is 494 g/mol. The molecule has 0 spiro atoms. The maximum Gasteiger partial charge on any atom is 0.190 e. The summed E-state index contributed by atoms with van der Waals surface area (Å²) in [5.74, 6) is -0.282. The van der Waals surface area contributed by atoms with Crippen LogP contribution in [0.15, 0.2) is 83.2 Å². The van der Waals surface area contributed by atoms with Crippen LogP contribution < -0.4 is 4.80 Å². The molecule has 0 fully saturated rings. The average Bonchev–Trinajstić information content (AvgIpc) is 3.08. The van der Waals surface area contributed by atoms with E-state index in [1.165, 1.54) is 23.5 Å². The van der Waals surface area contributed by atoms with Gasteiger partial charge in [0.1, 0.15) is 5.82 Å². The van der Waals surface area contributed by atoms with Gasteiger partial charge in [-0.2, -0.15) is 0 Å². The molecule has 0 aliphatic rings. The zero-order valence-electron chi connectivity index (χ0n) is 15.1. The molecule has 148 valence electrons. The normalized spacial score (nSPS) is 11.3. The lowest BCUT2D eigenvalue weighted by atomic mass is 10.1. The van der Waals surface area contributed by atoms with E-state index >= 15 is 0 Å². The highest BCUT2D eigenvalue weighted by atomic mass is 79.9. The quantitative estimate of drug-likeness (QED) is 0.270. The van der Waals surface area contributed by atoms with Crippen molar-refractivity contribution < 1.29 is 4.39 Å². The number of rotatable bonds is 4. The largest absolute Gasteiger partial charge is 0.312 e. The summed E-state index contributed by atoms with van der Waals surface area (Å²) in [5, 5.41) is 3.42. The Balaban J connectivity index is 0.00000240. The van der Waals surface area contributed by atoms with Gasteiger partial charge in [0.25, 0.3) is 0 Å². The fourth-order valence-corrected chi connectivity index (χ4v) is 4.13. The van der Waals surface area contributed by atoms with Crippen molar-refractivity contribution in [1.82, 2.24) is 4.57 Å². The van der Waals surface area contributed by atoms with Gasteiger partial charge in [0, 0.05) is 21.0 Å². The standard InChI is InChI=1S/C22H15Cl2FN2S.BrH/c23-16-7-5-15(6-8-16)13-27-21(19-3-1-2-4-20(19)24)14-28-22(27)26-18-11-9-17(25)10-12-18;/h1-12,14H,13H2;1H. The van der Waals surface area contributed by atoms with Crippen LogP contribution in [0, 0.1) is 5.82 Å². The fourth-order valence-electron chi connectivity index (χ4n) is 2.85. The third-order valence-electron chi connectivity index (χ3n) is 4.25. The zero-order chi connectivity index (χ0) is 19.5. The van der Waals surface area contributed by atoms with Crippen LogP contribution in [0.2, 0.25) is 10.0 Å². The second-order valence-corrected chi connectivity index (χ2v) is 7.86. The van der Waals surface area contributed by atoms with Gasteiger partial charge < -0.3 is 4.57 Å². The Morgan fingerprint density at radius 3 is 2.28 bits per heavy atom. The summed E-state index contributed by atoms with van der Waals surface area (Å²) in [5.41, 5.74) is 3.71. The molecule has 0 unspecified atom stereocenters. The molecule has 7 heteroatoms. The molecule has 2 nitrogen and oxygen atoms in total. The van der Waals surface area contributed by atoms with Crippen molar-refractivity contribution in [2.24, 2.45) is 4.99 Å². The van der Waals surface area contributed by atoms with Crippen LogP contribution in [0.5, 0.6) is 0 Å². The Kier molecular flexibility index (Phi) is 7.30. The minimum absolute atomic E-state index is 0. The molecule has 4 rings (SSSR count). The first-order valence-corrected chi connectivity index (χ1v) is 10.2. The van der Waals surface area contributed by atoms with Crippen LogP contribution in [-0.4, -0.2) is 4.57 Å². The average molecular weight is 510 g/mol. The van der Waals surface area contributed by atoms with Gasteiger partial charge in [-0.1, -0.05) is 53.5 Å². The molecule has 29 heavy (non-hydrogen) atoms. The van der Waals surface area contributed by atoms with E-state index in [1.54, 1.807) is 12.1 Å². The second-order valence-electron chi connectivity index (χ2n) is 6.18. The van der Waals surface area contributed by atoms with E-state index in [0.29, 0.717) is 22.3 Å². The summed E-state index contributed by atoms with van der Waals surface area (Å²) >= 11 is 14.0. The van der Waals surface area contributed by atoms with Crippen molar-refractivity contribution in [1.29, 1.82) is 0 Å². The summed E-state index contributed by atoms with van der Waals surface area (Å²) in [6.07, 6.45) is 0. The van der Waals surface area contributed by atoms with Crippen molar-refractivity contribution in [3.8, 4) is 11.3 Å². The predicted octanol–water partition coefficient (Wildman–Crippen LogP) is 7.52. The first-order chi connectivity index (χ1) is 13.6. The second kappa shape index (κ2) is 9.72. The van der Waals surface area contributed by atoms with Crippen LogP contribution >= 0.6 is 51.5 Å². The van der Waals surface area contributed by atoms with Crippen molar-refractivity contribution in [3.63, 3.8) is 0 Å². The third kappa shape index (κ3) is 5.17. The predicted molar refractivity (Wildman–Crippen MR) is 125 cm³/mol. The van der Waals surface area contributed by atoms with E-state index in [9.17, 15) is 4.39 Å². The third-order valence-corrected chi connectivity index (χ3v) is 5.70. The summed E-state index contributed by atoms with van der Waals surface area (Å²) in [6, 6.07) is 21.6. The van der Waals surface area contributed by atoms with Gasteiger partial charge in [-0.3, -0.25) is 0 Å². The molecule has 1 heterocycles. The number of hydrogen-bond donors (Lipinski definition) is 0. The lowest BCUT2D eigenvalue weighted by Crippen LogP contribution is -2.16. The van der Waals surface area contributed by atoms with Crippen LogP contribution in [0.25, 0.3) is 11.3 Å². The van der Waals surface area contributed by atoms with Crippen LogP contribution in [0.4, 0.5) is 10.1 Å².